The van der Waals surface area contributed by atoms with E-state index in [1.807, 2.05) is 10.8 Å². The van der Waals surface area contributed by atoms with E-state index in [0.29, 0.717) is 11.9 Å². The van der Waals surface area contributed by atoms with Gasteiger partial charge in [-0.05, 0) is 26.7 Å². The second kappa shape index (κ2) is 4.09. The van der Waals surface area contributed by atoms with Crippen LogP contribution in [-0.4, -0.2) is 34.7 Å². The topological polar surface area (TPSA) is 50.2 Å². The number of anilines is 1. The third kappa shape index (κ3) is 1.92. The Morgan fingerprint density at radius 3 is 2.89 bits per heavy atom. The molecule has 3 rings (SSSR count). The number of hydrogen-bond acceptors (Lipinski definition) is 4. The highest BCUT2D eigenvalue weighted by Gasteiger charge is 2.33. The smallest absolute Gasteiger partial charge is 0.293 e. The number of nitrogens with zero attached hydrogens (tertiary/aromatic N) is 3. The van der Waals surface area contributed by atoms with Gasteiger partial charge in [-0.2, -0.15) is 0 Å². The molecule has 0 bridgehead atoms. The minimum atomic E-state index is -0.0624. The second-order valence-corrected chi connectivity index (χ2v) is 5.84. The van der Waals surface area contributed by atoms with Gasteiger partial charge in [0.2, 0.25) is 0 Å². The predicted molar refractivity (Wildman–Crippen MR) is 71.1 cm³/mol. The number of piperazine rings is 1. The highest BCUT2D eigenvalue weighted by atomic mass is 16.1. The minimum absolute atomic E-state index is 0.0624. The van der Waals surface area contributed by atoms with Crippen molar-refractivity contribution in [2.24, 2.45) is 0 Å². The van der Waals surface area contributed by atoms with Crippen molar-refractivity contribution >= 4 is 5.82 Å². The molecule has 98 valence electrons. The fraction of sp³-hybridized carbons (Fsp3) is 0.692. The molecule has 2 fully saturated rings. The maximum absolute atomic E-state index is 12.5. The molecule has 1 aromatic heterocycles. The molecule has 1 aromatic rings. The van der Waals surface area contributed by atoms with Gasteiger partial charge in [0.25, 0.3) is 5.56 Å². The van der Waals surface area contributed by atoms with Gasteiger partial charge in [0.05, 0.1) is 0 Å². The lowest BCUT2D eigenvalue weighted by molar-refractivity contribution is 0.375. The zero-order chi connectivity index (χ0) is 12.8. The predicted octanol–water partition coefficient (Wildman–Crippen LogP) is 0.766. The first kappa shape index (κ1) is 11.7. The molecule has 0 unspecified atom stereocenters. The van der Waals surface area contributed by atoms with Crippen LogP contribution in [0.4, 0.5) is 5.82 Å². The maximum Gasteiger partial charge on any atom is 0.293 e. The van der Waals surface area contributed by atoms with Crippen LogP contribution in [0.3, 0.4) is 0 Å². The average Bonchev–Trinajstić information content (AvgIpc) is 3.14. The van der Waals surface area contributed by atoms with E-state index in [-0.39, 0.29) is 11.1 Å². The van der Waals surface area contributed by atoms with Crippen LogP contribution >= 0.6 is 0 Å². The SMILES string of the molecule is CC1(C)CNCCN1c1nccn(C2CC2)c1=O. The van der Waals surface area contributed by atoms with E-state index in [1.54, 1.807) is 6.20 Å². The van der Waals surface area contributed by atoms with E-state index in [0.717, 1.165) is 32.5 Å². The Labute approximate surface area is 107 Å². The summed E-state index contributed by atoms with van der Waals surface area (Å²) in [5, 5.41) is 3.37. The van der Waals surface area contributed by atoms with Gasteiger partial charge in [0, 0.05) is 43.6 Å². The van der Waals surface area contributed by atoms with Crippen molar-refractivity contribution in [3.8, 4) is 0 Å². The van der Waals surface area contributed by atoms with Crippen molar-refractivity contribution in [3.05, 3.63) is 22.7 Å². The molecule has 5 heteroatoms. The third-order valence-corrected chi connectivity index (χ3v) is 3.85. The molecule has 1 N–H and O–H groups in total. The lowest BCUT2D eigenvalue weighted by atomic mass is 10.0. The molecule has 1 saturated heterocycles. The zero-order valence-corrected chi connectivity index (χ0v) is 11.0. The third-order valence-electron chi connectivity index (χ3n) is 3.85. The van der Waals surface area contributed by atoms with E-state index >= 15 is 0 Å². The highest BCUT2D eigenvalue weighted by molar-refractivity contribution is 5.40. The van der Waals surface area contributed by atoms with E-state index < -0.39 is 0 Å². The standard InChI is InChI=1S/C13H20N4O/c1-13(2)9-14-5-8-17(13)11-12(18)16(7-6-15-11)10-3-4-10/h6-7,10,14H,3-5,8-9H2,1-2H3. The fourth-order valence-electron chi connectivity index (χ4n) is 2.62. The molecule has 0 amide bonds. The second-order valence-electron chi connectivity index (χ2n) is 5.84. The van der Waals surface area contributed by atoms with E-state index in [4.69, 9.17) is 0 Å². The van der Waals surface area contributed by atoms with Crippen LogP contribution in [0.25, 0.3) is 0 Å². The van der Waals surface area contributed by atoms with Gasteiger partial charge in [0.1, 0.15) is 0 Å². The van der Waals surface area contributed by atoms with E-state index in [9.17, 15) is 4.79 Å². The minimum Gasteiger partial charge on any atom is -0.344 e. The van der Waals surface area contributed by atoms with Crippen LogP contribution in [0.2, 0.25) is 0 Å². The van der Waals surface area contributed by atoms with Crippen molar-refractivity contribution in [2.75, 3.05) is 24.5 Å². The summed E-state index contributed by atoms with van der Waals surface area (Å²) in [7, 11) is 0. The van der Waals surface area contributed by atoms with Crippen molar-refractivity contribution in [1.29, 1.82) is 0 Å². The summed E-state index contributed by atoms with van der Waals surface area (Å²) in [5.41, 5.74) is 0.00243. The number of nitrogens with one attached hydrogen (secondary N) is 1. The van der Waals surface area contributed by atoms with Gasteiger partial charge in [-0.15, -0.1) is 0 Å². The molecule has 18 heavy (non-hydrogen) atoms. The van der Waals surface area contributed by atoms with Crippen molar-refractivity contribution in [1.82, 2.24) is 14.9 Å². The summed E-state index contributed by atoms with van der Waals surface area (Å²) in [6, 6.07) is 0.408. The molecular formula is C13H20N4O. The maximum atomic E-state index is 12.5. The lowest BCUT2D eigenvalue weighted by Gasteiger charge is -2.43. The molecule has 0 aromatic carbocycles. The largest absolute Gasteiger partial charge is 0.344 e. The number of hydrogen-bond donors (Lipinski definition) is 1. The van der Waals surface area contributed by atoms with Gasteiger partial charge in [-0.25, -0.2) is 4.98 Å². The molecule has 0 radical (unpaired) electrons. The molecule has 2 aliphatic rings. The first-order valence-corrected chi connectivity index (χ1v) is 6.65. The summed E-state index contributed by atoms with van der Waals surface area (Å²) < 4.78 is 1.85. The summed E-state index contributed by atoms with van der Waals surface area (Å²) >= 11 is 0. The van der Waals surface area contributed by atoms with Crippen LogP contribution in [0, 0.1) is 0 Å². The van der Waals surface area contributed by atoms with Crippen LogP contribution in [-0.2, 0) is 0 Å². The Kier molecular flexibility index (Phi) is 2.66. The molecule has 0 atom stereocenters. The first-order chi connectivity index (χ1) is 8.59. The molecule has 5 nitrogen and oxygen atoms in total. The van der Waals surface area contributed by atoms with Crippen LogP contribution in [0.15, 0.2) is 17.2 Å². The van der Waals surface area contributed by atoms with Gasteiger partial charge >= 0.3 is 0 Å². The molecule has 1 aliphatic carbocycles. The molecule has 0 spiro atoms. The van der Waals surface area contributed by atoms with Gasteiger partial charge in [0.15, 0.2) is 5.82 Å². The van der Waals surface area contributed by atoms with Gasteiger partial charge in [-0.1, -0.05) is 0 Å². The molecule has 1 aliphatic heterocycles. The molecule has 2 heterocycles. The Morgan fingerprint density at radius 1 is 1.44 bits per heavy atom. The fourth-order valence-corrected chi connectivity index (χ4v) is 2.62. The van der Waals surface area contributed by atoms with E-state index in [2.05, 4.69) is 29.0 Å². The summed E-state index contributed by atoms with van der Waals surface area (Å²) in [4.78, 5) is 19.0. The zero-order valence-electron chi connectivity index (χ0n) is 11.0. The highest BCUT2D eigenvalue weighted by Crippen LogP contribution is 2.33. The monoisotopic (exact) mass is 248 g/mol. The van der Waals surface area contributed by atoms with Gasteiger partial charge in [-0.3, -0.25) is 4.79 Å². The Balaban J connectivity index is 2.00. The quantitative estimate of drug-likeness (QED) is 0.840. The molecule has 1 saturated carbocycles. The Hall–Kier alpha value is -1.36. The normalized spacial score (nSPS) is 23.1. The van der Waals surface area contributed by atoms with Crippen LogP contribution in [0.1, 0.15) is 32.7 Å². The number of rotatable bonds is 2. The van der Waals surface area contributed by atoms with Crippen LogP contribution < -0.4 is 15.8 Å². The molecular weight excluding hydrogens is 228 g/mol. The summed E-state index contributed by atoms with van der Waals surface area (Å²) in [6.45, 7) is 6.92. The summed E-state index contributed by atoms with van der Waals surface area (Å²) in [5.74, 6) is 0.607. The Morgan fingerprint density at radius 2 is 2.22 bits per heavy atom. The van der Waals surface area contributed by atoms with E-state index in [1.165, 1.54) is 0 Å². The Bertz CT molecular complexity index is 504. The lowest BCUT2D eigenvalue weighted by Crippen LogP contribution is -2.59. The first-order valence-electron chi connectivity index (χ1n) is 6.65. The van der Waals surface area contributed by atoms with Crippen molar-refractivity contribution in [3.63, 3.8) is 0 Å². The van der Waals surface area contributed by atoms with Gasteiger partial charge < -0.3 is 14.8 Å². The van der Waals surface area contributed by atoms with Crippen LogP contribution in [0.5, 0.6) is 0 Å². The van der Waals surface area contributed by atoms with Crippen molar-refractivity contribution in [2.45, 2.75) is 38.3 Å². The average molecular weight is 248 g/mol. The van der Waals surface area contributed by atoms with Crippen molar-refractivity contribution < 1.29 is 0 Å². The number of aromatic nitrogens is 2. The summed E-state index contributed by atoms with van der Waals surface area (Å²) in [6.07, 6.45) is 5.81.